The minimum absolute atomic E-state index is 0.115. The van der Waals surface area contributed by atoms with E-state index in [0.717, 1.165) is 43.6 Å². The number of nitrogens with zero attached hydrogens (tertiary/aromatic N) is 3. The molecule has 0 N–H and O–H groups in total. The molecule has 2 aliphatic heterocycles. The number of piperidine rings is 1. The SMILES string of the molecule is CCCOc1ccc(N2C(=O)CC(N3CCC(c4nc5ccccc5s4)CC3)C2=O)cc1. The van der Waals surface area contributed by atoms with Gasteiger partial charge in [0.2, 0.25) is 5.91 Å². The molecule has 0 spiro atoms. The molecule has 3 aromatic rings. The van der Waals surface area contributed by atoms with Crippen LogP contribution in [-0.4, -0.2) is 47.4 Å². The number of rotatable bonds is 6. The van der Waals surface area contributed by atoms with Crippen molar-refractivity contribution < 1.29 is 14.3 Å². The number of hydrogen-bond acceptors (Lipinski definition) is 6. The first-order valence-electron chi connectivity index (χ1n) is 11.3. The van der Waals surface area contributed by atoms with Crippen molar-refractivity contribution in [2.75, 3.05) is 24.6 Å². The Morgan fingerprint density at radius 2 is 1.81 bits per heavy atom. The zero-order valence-electron chi connectivity index (χ0n) is 18.2. The average Bonchev–Trinajstić information content (AvgIpc) is 3.39. The molecular weight excluding hydrogens is 422 g/mol. The summed E-state index contributed by atoms with van der Waals surface area (Å²) < 4.78 is 6.83. The van der Waals surface area contributed by atoms with Gasteiger partial charge in [0.05, 0.1) is 40.0 Å². The van der Waals surface area contributed by atoms with Crippen LogP contribution >= 0.6 is 11.3 Å². The van der Waals surface area contributed by atoms with Crippen LogP contribution in [0.2, 0.25) is 0 Å². The van der Waals surface area contributed by atoms with Crippen LogP contribution < -0.4 is 9.64 Å². The molecule has 0 bridgehead atoms. The van der Waals surface area contributed by atoms with Crippen LogP contribution in [0.15, 0.2) is 48.5 Å². The standard InChI is InChI=1S/C25H27N3O3S/c1-2-15-31-19-9-7-18(8-10-19)28-23(29)16-21(25(28)30)27-13-11-17(12-14-27)24-26-20-5-3-4-6-22(20)32-24/h3-10,17,21H,2,11-16H2,1H3. The number of hydrogen-bond donors (Lipinski definition) is 0. The monoisotopic (exact) mass is 449 g/mol. The normalized spacial score (nSPS) is 20.4. The van der Waals surface area contributed by atoms with E-state index in [1.807, 2.05) is 24.3 Å². The molecule has 2 aromatic carbocycles. The van der Waals surface area contributed by atoms with E-state index in [4.69, 9.17) is 9.72 Å². The third-order valence-corrected chi connectivity index (χ3v) is 7.52. The van der Waals surface area contributed by atoms with Crippen LogP contribution in [-0.2, 0) is 9.59 Å². The van der Waals surface area contributed by atoms with E-state index in [-0.39, 0.29) is 24.3 Å². The van der Waals surface area contributed by atoms with Crippen LogP contribution in [0.5, 0.6) is 5.75 Å². The molecule has 32 heavy (non-hydrogen) atoms. The van der Waals surface area contributed by atoms with Crippen LogP contribution in [0.4, 0.5) is 5.69 Å². The van der Waals surface area contributed by atoms with Crippen LogP contribution in [0.25, 0.3) is 10.2 Å². The zero-order valence-corrected chi connectivity index (χ0v) is 19.0. The van der Waals surface area contributed by atoms with Gasteiger partial charge in [-0.05, 0) is 68.8 Å². The fourth-order valence-electron chi connectivity index (χ4n) is 4.61. The Balaban J connectivity index is 1.23. The van der Waals surface area contributed by atoms with Gasteiger partial charge in [-0.15, -0.1) is 11.3 Å². The van der Waals surface area contributed by atoms with Gasteiger partial charge in [0.1, 0.15) is 5.75 Å². The van der Waals surface area contributed by atoms with Gasteiger partial charge in [0.15, 0.2) is 0 Å². The van der Waals surface area contributed by atoms with E-state index >= 15 is 0 Å². The van der Waals surface area contributed by atoms with Crippen molar-refractivity contribution >= 4 is 39.1 Å². The lowest BCUT2D eigenvalue weighted by Crippen LogP contribution is -2.45. The maximum Gasteiger partial charge on any atom is 0.251 e. The van der Waals surface area contributed by atoms with Crippen molar-refractivity contribution in [1.82, 2.24) is 9.88 Å². The first kappa shape index (κ1) is 21.1. The Bertz CT molecular complexity index is 1090. The van der Waals surface area contributed by atoms with Gasteiger partial charge >= 0.3 is 0 Å². The van der Waals surface area contributed by atoms with Gasteiger partial charge in [-0.25, -0.2) is 9.88 Å². The third kappa shape index (κ3) is 4.02. The fourth-order valence-corrected chi connectivity index (χ4v) is 5.74. The molecule has 0 radical (unpaired) electrons. The lowest BCUT2D eigenvalue weighted by atomic mass is 9.96. The quantitative estimate of drug-likeness (QED) is 0.515. The summed E-state index contributed by atoms with van der Waals surface area (Å²) in [6.45, 7) is 4.32. The predicted octanol–water partition coefficient (Wildman–Crippen LogP) is 4.60. The van der Waals surface area contributed by atoms with E-state index in [2.05, 4.69) is 24.0 Å². The van der Waals surface area contributed by atoms with Crippen LogP contribution in [0.1, 0.15) is 43.5 Å². The number of ether oxygens (including phenoxy) is 1. The number of thiazole rings is 1. The number of benzene rings is 2. The summed E-state index contributed by atoms with van der Waals surface area (Å²) in [5.74, 6) is 0.928. The van der Waals surface area contributed by atoms with E-state index < -0.39 is 0 Å². The molecule has 1 atom stereocenters. The minimum atomic E-state index is -0.366. The number of imide groups is 1. The van der Waals surface area contributed by atoms with Crippen molar-refractivity contribution in [2.24, 2.45) is 0 Å². The highest BCUT2D eigenvalue weighted by molar-refractivity contribution is 7.18. The summed E-state index contributed by atoms with van der Waals surface area (Å²) in [6.07, 6.45) is 3.10. The van der Waals surface area contributed by atoms with Crippen molar-refractivity contribution in [1.29, 1.82) is 0 Å². The predicted molar refractivity (Wildman–Crippen MR) is 126 cm³/mol. The number of likely N-dealkylation sites (tertiary alicyclic amines) is 1. The molecule has 6 nitrogen and oxygen atoms in total. The second kappa shape index (κ2) is 9.00. The summed E-state index contributed by atoms with van der Waals surface area (Å²) in [7, 11) is 0. The molecule has 7 heteroatoms. The van der Waals surface area contributed by atoms with Crippen molar-refractivity contribution in [2.45, 2.75) is 44.6 Å². The van der Waals surface area contributed by atoms with Gasteiger partial charge in [-0.3, -0.25) is 14.5 Å². The summed E-state index contributed by atoms with van der Waals surface area (Å²) in [5, 5.41) is 1.19. The van der Waals surface area contributed by atoms with Gasteiger partial charge in [0, 0.05) is 5.92 Å². The molecule has 2 fully saturated rings. The molecule has 2 saturated heterocycles. The van der Waals surface area contributed by atoms with Crippen molar-refractivity contribution in [3.05, 3.63) is 53.5 Å². The molecule has 166 valence electrons. The van der Waals surface area contributed by atoms with E-state index in [0.29, 0.717) is 18.2 Å². The smallest absolute Gasteiger partial charge is 0.251 e. The largest absolute Gasteiger partial charge is 0.494 e. The molecule has 1 aromatic heterocycles. The maximum absolute atomic E-state index is 13.2. The van der Waals surface area contributed by atoms with Crippen LogP contribution in [0, 0.1) is 0 Å². The van der Waals surface area contributed by atoms with E-state index in [1.54, 1.807) is 23.5 Å². The molecule has 2 amide bonds. The maximum atomic E-state index is 13.2. The number of aromatic nitrogens is 1. The summed E-state index contributed by atoms with van der Waals surface area (Å²) in [4.78, 5) is 34.2. The highest BCUT2D eigenvalue weighted by atomic mass is 32.1. The lowest BCUT2D eigenvalue weighted by molar-refractivity contribution is -0.123. The summed E-state index contributed by atoms with van der Waals surface area (Å²) in [6, 6.07) is 15.1. The van der Waals surface area contributed by atoms with Gasteiger partial charge in [0.25, 0.3) is 5.91 Å². The number of carbonyl (C=O) groups is 2. The molecule has 0 aliphatic carbocycles. The Kier molecular flexibility index (Phi) is 5.93. The Hall–Kier alpha value is -2.77. The highest BCUT2D eigenvalue weighted by Crippen LogP contribution is 2.36. The first-order valence-corrected chi connectivity index (χ1v) is 12.1. The molecule has 2 aliphatic rings. The summed E-state index contributed by atoms with van der Waals surface area (Å²) >= 11 is 1.77. The first-order chi connectivity index (χ1) is 15.6. The van der Waals surface area contributed by atoms with E-state index in [1.165, 1.54) is 14.6 Å². The number of amides is 2. The second-order valence-electron chi connectivity index (χ2n) is 8.46. The zero-order chi connectivity index (χ0) is 22.1. The lowest BCUT2D eigenvalue weighted by Gasteiger charge is -2.34. The van der Waals surface area contributed by atoms with Crippen molar-refractivity contribution in [3.63, 3.8) is 0 Å². The fraction of sp³-hybridized carbons (Fsp3) is 0.400. The van der Waals surface area contributed by atoms with Gasteiger partial charge in [-0.1, -0.05) is 19.1 Å². The highest BCUT2D eigenvalue weighted by Gasteiger charge is 2.43. The Morgan fingerprint density at radius 1 is 1.06 bits per heavy atom. The van der Waals surface area contributed by atoms with Crippen LogP contribution in [0.3, 0.4) is 0 Å². The van der Waals surface area contributed by atoms with E-state index in [9.17, 15) is 9.59 Å². The number of carbonyl (C=O) groups excluding carboxylic acids is 2. The third-order valence-electron chi connectivity index (χ3n) is 6.32. The molecule has 1 unspecified atom stereocenters. The molecule has 3 heterocycles. The Morgan fingerprint density at radius 3 is 2.53 bits per heavy atom. The summed E-state index contributed by atoms with van der Waals surface area (Å²) in [5.41, 5.74) is 1.68. The average molecular weight is 450 g/mol. The molecule has 5 rings (SSSR count). The molecular formula is C25H27N3O3S. The number of anilines is 1. The van der Waals surface area contributed by atoms with Gasteiger partial charge < -0.3 is 4.74 Å². The second-order valence-corrected chi connectivity index (χ2v) is 9.52. The molecule has 0 saturated carbocycles. The van der Waals surface area contributed by atoms with Gasteiger partial charge in [-0.2, -0.15) is 0 Å². The van der Waals surface area contributed by atoms with Crippen molar-refractivity contribution in [3.8, 4) is 5.75 Å². The topological polar surface area (TPSA) is 62.7 Å². The number of para-hydroxylation sites is 1. The Labute approximate surface area is 191 Å². The minimum Gasteiger partial charge on any atom is -0.494 e. The number of fused-ring (bicyclic) bond motifs is 1.